The number of aryl methyl sites for hydroxylation is 1. The second-order valence-corrected chi connectivity index (χ2v) is 9.42. The van der Waals surface area contributed by atoms with Gasteiger partial charge >= 0.3 is 0 Å². The fourth-order valence-corrected chi connectivity index (χ4v) is 4.55. The number of Topliss-reactive ketones (excluding diaryl/α,β-unsaturated/α-hetero) is 1. The third-order valence-corrected chi connectivity index (χ3v) is 6.79. The van der Waals surface area contributed by atoms with E-state index in [9.17, 15) is 4.79 Å². The molecule has 2 nitrogen and oxygen atoms in total. The summed E-state index contributed by atoms with van der Waals surface area (Å²) < 4.78 is 0. The van der Waals surface area contributed by atoms with Gasteiger partial charge in [0.15, 0.2) is 5.78 Å². The molecule has 1 rings (SSSR count). The summed E-state index contributed by atoms with van der Waals surface area (Å²) in [6, 6.07) is 4.08. The SMILES string of the molecule is CCCCCCCCCCCCCCCCCCC(=O)c1c(CCl)ccc(C)c1C.N. The molecule has 0 unspecified atom stereocenters. The predicted octanol–water partition coefficient (Wildman–Crippen LogP) is 10.0. The normalized spacial score (nSPS) is 10.8. The molecular weight excluding hydrogens is 402 g/mol. The van der Waals surface area contributed by atoms with Crippen LogP contribution in [0.25, 0.3) is 0 Å². The van der Waals surface area contributed by atoms with Gasteiger partial charge < -0.3 is 6.15 Å². The number of hydrogen-bond acceptors (Lipinski definition) is 2. The Labute approximate surface area is 198 Å². The van der Waals surface area contributed by atoms with Crippen LogP contribution >= 0.6 is 11.6 Å². The van der Waals surface area contributed by atoms with E-state index in [0.717, 1.165) is 23.1 Å². The zero-order valence-electron chi connectivity index (χ0n) is 20.9. The first-order chi connectivity index (χ1) is 14.6. The molecule has 0 aliphatic rings. The Balaban J connectivity index is 0.00000900. The number of carbonyl (C=O) groups excluding carboxylic acids is 1. The molecule has 0 aliphatic heterocycles. The first-order valence-corrected chi connectivity index (χ1v) is 13.3. The maximum atomic E-state index is 12.7. The number of unbranched alkanes of at least 4 members (excludes halogenated alkanes) is 15. The van der Waals surface area contributed by atoms with Crippen molar-refractivity contribution in [3.05, 3.63) is 34.4 Å². The highest BCUT2D eigenvalue weighted by molar-refractivity contribution is 6.18. The predicted molar refractivity (Wildman–Crippen MR) is 139 cm³/mol. The summed E-state index contributed by atoms with van der Waals surface area (Å²) in [5, 5.41) is 0. The number of benzene rings is 1. The van der Waals surface area contributed by atoms with Crippen LogP contribution in [0, 0.1) is 13.8 Å². The standard InChI is InChI=1S/C28H47ClO.H3N/c1-4-5-6-7-8-9-10-11-12-13-14-15-16-17-18-19-20-27(30)28-25(3)24(2)21-22-26(28)23-29;/h21-22H,4-20,23H2,1-3H3;1H3. The van der Waals surface area contributed by atoms with Gasteiger partial charge in [-0.2, -0.15) is 0 Å². The van der Waals surface area contributed by atoms with E-state index < -0.39 is 0 Å². The quantitative estimate of drug-likeness (QED) is 0.129. The molecule has 180 valence electrons. The van der Waals surface area contributed by atoms with Crippen molar-refractivity contribution in [2.45, 2.75) is 136 Å². The van der Waals surface area contributed by atoms with E-state index in [1.165, 1.54) is 102 Å². The Kier molecular flexibility index (Phi) is 19.2. The number of alkyl halides is 1. The largest absolute Gasteiger partial charge is 0.344 e. The average Bonchev–Trinajstić information content (AvgIpc) is 2.75. The van der Waals surface area contributed by atoms with Gasteiger partial charge in [-0.15, -0.1) is 11.6 Å². The zero-order chi connectivity index (χ0) is 22.0. The molecule has 31 heavy (non-hydrogen) atoms. The van der Waals surface area contributed by atoms with Gasteiger partial charge in [0.25, 0.3) is 0 Å². The van der Waals surface area contributed by atoms with Gasteiger partial charge in [-0.3, -0.25) is 4.79 Å². The second kappa shape index (κ2) is 19.8. The Morgan fingerprint density at radius 1 is 0.710 bits per heavy atom. The van der Waals surface area contributed by atoms with Crippen LogP contribution < -0.4 is 6.15 Å². The van der Waals surface area contributed by atoms with E-state index in [2.05, 4.69) is 19.9 Å². The summed E-state index contributed by atoms with van der Waals surface area (Å²) in [6.45, 7) is 6.40. The molecule has 1 aromatic carbocycles. The Morgan fingerprint density at radius 2 is 1.13 bits per heavy atom. The van der Waals surface area contributed by atoms with Crippen molar-refractivity contribution in [2.24, 2.45) is 0 Å². The van der Waals surface area contributed by atoms with Crippen molar-refractivity contribution in [2.75, 3.05) is 0 Å². The summed E-state index contributed by atoms with van der Waals surface area (Å²) in [4.78, 5) is 12.7. The van der Waals surface area contributed by atoms with Gasteiger partial charge in [-0.25, -0.2) is 0 Å². The van der Waals surface area contributed by atoms with Crippen LogP contribution in [0.1, 0.15) is 143 Å². The van der Waals surface area contributed by atoms with E-state index >= 15 is 0 Å². The minimum atomic E-state index is 0. The molecule has 0 aliphatic carbocycles. The molecule has 3 heteroatoms. The van der Waals surface area contributed by atoms with Crippen molar-refractivity contribution >= 4 is 17.4 Å². The lowest BCUT2D eigenvalue weighted by Gasteiger charge is -2.12. The summed E-state index contributed by atoms with van der Waals surface area (Å²) in [7, 11) is 0. The highest BCUT2D eigenvalue weighted by Crippen LogP contribution is 2.23. The van der Waals surface area contributed by atoms with Gasteiger partial charge in [-0.05, 0) is 37.0 Å². The fourth-order valence-electron chi connectivity index (χ4n) is 4.33. The van der Waals surface area contributed by atoms with Crippen LogP contribution in [0.2, 0.25) is 0 Å². The molecule has 0 spiro atoms. The molecule has 0 radical (unpaired) electrons. The fraction of sp³-hybridized carbons (Fsp3) is 0.750. The van der Waals surface area contributed by atoms with Gasteiger partial charge in [0.1, 0.15) is 0 Å². The number of hydrogen-bond donors (Lipinski definition) is 1. The lowest BCUT2D eigenvalue weighted by molar-refractivity contribution is 0.0977. The summed E-state index contributed by atoms with van der Waals surface area (Å²) in [6.07, 6.45) is 22.4. The van der Waals surface area contributed by atoms with Crippen molar-refractivity contribution in [1.82, 2.24) is 6.15 Å². The van der Waals surface area contributed by atoms with E-state index in [4.69, 9.17) is 11.6 Å². The van der Waals surface area contributed by atoms with Crippen molar-refractivity contribution in [1.29, 1.82) is 0 Å². The van der Waals surface area contributed by atoms with Crippen molar-refractivity contribution < 1.29 is 4.79 Å². The van der Waals surface area contributed by atoms with Crippen LogP contribution in [-0.4, -0.2) is 5.78 Å². The smallest absolute Gasteiger partial charge is 0.163 e. The first kappa shape index (κ1) is 30.1. The molecule has 0 heterocycles. The van der Waals surface area contributed by atoms with Crippen LogP contribution in [0.3, 0.4) is 0 Å². The van der Waals surface area contributed by atoms with Crippen LogP contribution in [0.5, 0.6) is 0 Å². The molecule has 0 saturated heterocycles. The van der Waals surface area contributed by atoms with Crippen LogP contribution in [0.4, 0.5) is 0 Å². The average molecular weight is 452 g/mol. The maximum absolute atomic E-state index is 12.7. The van der Waals surface area contributed by atoms with Crippen LogP contribution in [-0.2, 0) is 5.88 Å². The molecule has 0 saturated carbocycles. The van der Waals surface area contributed by atoms with E-state index in [0.29, 0.717) is 12.3 Å². The number of rotatable bonds is 19. The van der Waals surface area contributed by atoms with Crippen molar-refractivity contribution in [3.63, 3.8) is 0 Å². The first-order valence-electron chi connectivity index (χ1n) is 12.8. The van der Waals surface area contributed by atoms with Gasteiger partial charge in [0, 0.05) is 17.9 Å². The van der Waals surface area contributed by atoms with Gasteiger partial charge in [0.2, 0.25) is 0 Å². The minimum absolute atomic E-state index is 0. The number of carbonyl (C=O) groups is 1. The summed E-state index contributed by atoms with van der Waals surface area (Å²) >= 11 is 6.05. The van der Waals surface area contributed by atoms with E-state index in [1.54, 1.807) is 0 Å². The Morgan fingerprint density at radius 3 is 1.55 bits per heavy atom. The Bertz CT molecular complexity index is 585. The van der Waals surface area contributed by atoms with E-state index in [-0.39, 0.29) is 11.9 Å². The summed E-state index contributed by atoms with van der Waals surface area (Å²) in [5.41, 5.74) is 4.15. The van der Waals surface area contributed by atoms with E-state index in [1.807, 2.05) is 13.0 Å². The summed E-state index contributed by atoms with van der Waals surface area (Å²) in [5.74, 6) is 0.693. The molecule has 3 N–H and O–H groups in total. The number of ketones is 1. The molecule has 0 bridgehead atoms. The highest BCUT2D eigenvalue weighted by Gasteiger charge is 2.15. The Hall–Kier alpha value is -0.860. The molecule has 0 aromatic heterocycles. The molecule has 0 atom stereocenters. The van der Waals surface area contributed by atoms with Gasteiger partial charge in [0.05, 0.1) is 0 Å². The molecular formula is C28H50ClNO. The lowest BCUT2D eigenvalue weighted by Crippen LogP contribution is -2.07. The zero-order valence-corrected chi connectivity index (χ0v) is 21.6. The lowest BCUT2D eigenvalue weighted by atomic mass is 9.93. The monoisotopic (exact) mass is 451 g/mol. The maximum Gasteiger partial charge on any atom is 0.163 e. The minimum Gasteiger partial charge on any atom is -0.344 e. The van der Waals surface area contributed by atoms with Crippen molar-refractivity contribution in [3.8, 4) is 0 Å². The number of halogens is 1. The van der Waals surface area contributed by atoms with Gasteiger partial charge in [-0.1, -0.05) is 115 Å². The third-order valence-electron chi connectivity index (χ3n) is 6.50. The topological polar surface area (TPSA) is 52.1 Å². The molecule has 0 fully saturated rings. The third kappa shape index (κ3) is 13.3. The second-order valence-electron chi connectivity index (χ2n) is 9.15. The molecule has 0 amide bonds. The molecule has 1 aromatic rings. The highest BCUT2D eigenvalue weighted by atomic mass is 35.5. The van der Waals surface area contributed by atoms with Crippen LogP contribution in [0.15, 0.2) is 12.1 Å².